The number of sulfonamides is 1. The molecule has 1 aliphatic rings. The van der Waals surface area contributed by atoms with Gasteiger partial charge in [-0.1, -0.05) is 0 Å². The van der Waals surface area contributed by atoms with Crippen LogP contribution in [0.15, 0.2) is 35.6 Å². The number of nitrogens with zero attached hydrogens (tertiary/aromatic N) is 4. The van der Waals surface area contributed by atoms with Gasteiger partial charge >= 0.3 is 0 Å². The van der Waals surface area contributed by atoms with Gasteiger partial charge in [-0.3, -0.25) is 9.78 Å². The van der Waals surface area contributed by atoms with E-state index in [9.17, 15) is 13.2 Å². The number of hydrogen-bond donors (Lipinski definition) is 1. The second-order valence-electron chi connectivity index (χ2n) is 5.91. The zero-order chi connectivity index (χ0) is 18.7. The molecule has 1 amide bonds. The predicted molar refractivity (Wildman–Crippen MR) is 93.0 cm³/mol. The Morgan fingerprint density at radius 2 is 2.23 bits per heavy atom. The molecule has 140 valence electrons. The van der Waals surface area contributed by atoms with Gasteiger partial charge in [0.1, 0.15) is 16.4 Å². The molecule has 0 radical (unpaired) electrons. The van der Waals surface area contributed by atoms with Crippen LogP contribution in [-0.2, 0) is 21.3 Å². The summed E-state index contributed by atoms with van der Waals surface area (Å²) in [6, 6.07) is 2.62. The Bertz CT molecular complexity index is 881. The van der Waals surface area contributed by atoms with Gasteiger partial charge in [-0.25, -0.2) is 13.4 Å². The first-order valence-corrected chi connectivity index (χ1v) is 9.65. The summed E-state index contributed by atoms with van der Waals surface area (Å²) in [6.07, 6.45) is 4.51. The first kappa shape index (κ1) is 18.5. The van der Waals surface area contributed by atoms with Crippen molar-refractivity contribution in [1.82, 2.24) is 24.2 Å². The van der Waals surface area contributed by atoms with Crippen LogP contribution in [0.5, 0.6) is 0 Å². The van der Waals surface area contributed by atoms with Gasteiger partial charge in [-0.2, -0.15) is 4.31 Å². The molecule has 2 aromatic heterocycles. The van der Waals surface area contributed by atoms with E-state index in [0.29, 0.717) is 32.1 Å². The zero-order valence-corrected chi connectivity index (χ0v) is 15.4. The summed E-state index contributed by atoms with van der Waals surface area (Å²) in [5.41, 5.74) is 0.267. The SMILES string of the molecule is COCCNC(=O)c1cn2c(n1)C(C)N(S(=O)(=O)c1cccnc1)CC2. The van der Waals surface area contributed by atoms with Crippen molar-refractivity contribution >= 4 is 15.9 Å². The van der Waals surface area contributed by atoms with E-state index in [-0.39, 0.29) is 16.5 Å². The standard InChI is InChI=1S/C16H21N5O4S/c1-12-15-19-14(16(22)18-6-9-25-2)11-20(15)7-8-21(12)26(23,24)13-4-3-5-17-10-13/h3-5,10-12H,6-9H2,1-2H3,(H,18,22). The maximum atomic E-state index is 12.9. The van der Waals surface area contributed by atoms with Crippen molar-refractivity contribution in [3.63, 3.8) is 0 Å². The average Bonchev–Trinajstić information content (AvgIpc) is 3.08. The number of amides is 1. The monoisotopic (exact) mass is 379 g/mol. The van der Waals surface area contributed by atoms with E-state index in [1.54, 1.807) is 26.3 Å². The predicted octanol–water partition coefficient (Wildman–Crippen LogP) is 0.420. The molecule has 3 heterocycles. The van der Waals surface area contributed by atoms with Crippen LogP contribution in [0.3, 0.4) is 0 Å². The molecule has 0 fully saturated rings. The lowest BCUT2D eigenvalue weighted by molar-refractivity contribution is 0.0932. The Hall–Kier alpha value is -2.30. The zero-order valence-electron chi connectivity index (χ0n) is 14.6. The summed E-state index contributed by atoms with van der Waals surface area (Å²) < 4.78 is 33.9. The molecule has 1 atom stereocenters. The molecule has 26 heavy (non-hydrogen) atoms. The minimum atomic E-state index is -3.68. The van der Waals surface area contributed by atoms with Crippen LogP contribution >= 0.6 is 0 Å². The highest BCUT2D eigenvalue weighted by Gasteiger charge is 2.36. The molecule has 0 bridgehead atoms. The number of nitrogens with one attached hydrogen (secondary N) is 1. The molecular formula is C16H21N5O4S. The third kappa shape index (κ3) is 3.48. The molecule has 2 aromatic rings. The molecule has 0 saturated heterocycles. The van der Waals surface area contributed by atoms with Gasteiger partial charge in [0.05, 0.1) is 12.6 Å². The fraction of sp³-hybridized carbons (Fsp3) is 0.438. The third-order valence-electron chi connectivity index (χ3n) is 4.24. The normalized spacial score (nSPS) is 17.7. The van der Waals surface area contributed by atoms with E-state index in [1.807, 2.05) is 4.57 Å². The number of carbonyl (C=O) groups is 1. The van der Waals surface area contributed by atoms with Crippen LogP contribution in [0.25, 0.3) is 0 Å². The Kier molecular flexibility index (Phi) is 5.35. The van der Waals surface area contributed by atoms with Gasteiger partial charge in [-0.15, -0.1) is 0 Å². The topological polar surface area (TPSA) is 106 Å². The Balaban J connectivity index is 1.82. The Morgan fingerprint density at radius 1 is 1.42 bits per heavy atom. The largest absolute Gasteiger partial charge is 0.383 e. The van der Waals surface area contributed by atoms with E-state index in [1.165, 1.54) is 22.8 Å². The molecule has 10 heteroatoms. The lowest BCUT2D eigenvalue weighted by Crippen LogP contribution is -2.41. The fourth-order valence-electron chi connectivity index (χ4n) is 2.90. The van der Waals surface area contributed by atoms with E-state index < -0.39 is 16.1 Å². The van der Waals surface area contributed by atoms with E-state index in [4.69, 9.17) is 4.74 Å². The highest BCUT2D eigenvalue weighted by molar-refractivity contribution is 7.89. The average molecular weight is 379 g/mol. The van der Waals surface area contributed by atoms with Gasteiger partial charge in [0.2, 0.25) is 10.0 Å². The molecule has 0 aliphatic carbocycles. The van der Waals surface area contributed by atoms with Crippen LogP contribution in [0.4, 0.5) is 0 Å². The highest BCUT2D eigenvalue weighted by atomic mass is 32.2. The van der Waals surface area contributed by atoms with Gasteiger partial charge in [0, 0.05) is 45.3 Å². The van der Waals surface area contributed by atoms with Crippen molar-refractivity contribution in [2.24, 2.45) is 0 Å². The Labute approximate surface area is 152 Å². The first-order chi connectivity index (χ1) is 12.4. The quantitative estimate of drug-likeness (QED) is 0.729. The highest BCUT2D eigenvalue weighted by Crippen LogP contribution is 2.30. The number of hydrogen-bond acceptors (Lipinski definition) is 6. The summed E-state index contributed by atoms with van der Waals surface area (Å²) in [4.78, 5) is 20.5. The smallest absolute Gasteiger partial charge is 0.271 e. The second-order valence-corrected chi connectivity index (χ2v) is 7.80. The van der Waals surface area contributed by atoms with E-state index in [0.717, 1.165) is 0 Å². The van der Waals surface area contributed by atoms with Gasteiger partial charge in [-0.05, 0) is 19.1 Å². The van der Waals surface area contributed by atoms with Crippen LogP contribution in [0.1, 0.15) is 29.3 Å². The molecule has 1 unspecified atom stereocenters. The number of rotatable bonds is 6. The Morgan fingerprint density at radius 3 is 2.92 bits per heavy atom. The number of pyridine rings is 1. The van der Waals surface area contributed by atoms with Gasteiger partial charge < -0.3 is 14.6 Å². The van der Waals surface area contributed by atoms with Gasteiger partial charge in [0.25, 0.3) is 5.91 Å². The molecule has 3 rings (SSSR count). The molecule has 0 saturated carbocycles. The van der Waals surface area contributed by atoms with Crippen LogP contribution < -0.4 is 5.32 Å². The van der Waals surface area contributed by atoms with Crippen molar-refractivity contribution in [2.75, 3.05) is 26.8 Å². The summed E-state index contributed by atoms with van der Waals surface area (Å²) in [5, 5.41) is 2.71. The molecule has 0 spiro atoms. The summed E-state index contributed by atoms with van der Waals surface area (Å²) in [5.74, 6) is 0.235. The van der Waals surface area contributed by atoms with E-state index in [2.05, 4.69) is 15.3 Å². The first-order valence-electron chi connectivity index (χ1n) is 8.21. The van der Waals surface area contributed by atoms with Crippen molar-refractivity contribution < 1.29 is 17.9 Å². The summed E-state index contributed by atoms with van der Waals surface area (Å²) in [6.45, 7) is 3.28. The summed E-state index contributed by atoms with van der Waals surface area (Å²) >= 11 is 0. The van der Waals surface area contributed by atoms with Gasteiger partial charge in [0.15, 0.2) is 0 Å². The van der Waals surface area contributed by atoms with E-state index >= 15 is 0 Å². The lowest BCUT2D eigenvalue weighted by Gasteiger charge is -2.32. The minimum absolute atomic E-state index is 0.143. The van der Waals surface area contributed by atoms with Crippen LogP contribution in [0, 0.1) is 0 Å². The second kappa shape index (κ2) is 7.52. The van der Waals surface area contributed by atoms with Crippen molar-refractivity contribution in [3.8, 4) is 0 Å². The number of imidazole rings is 1. The van der Waals surface area contributed by atoms with Crippen molar-refractivity contribution in [1.29, 1.82) is 0 Å². The number of carbonyl (C=O) groups excluding carboxylic acids is 1. The number of methoxy groups -OCH3 is 1. The summed E-state index contributed by atoms with van der Waals surface area (Å²) in [7, 11) is -2.13. The maximum absolute atomic E-state index is 12.9. The third-order valence-corrected chi connectivity index (χ3v) is 6.19. The molecule has 0 aromatic carbocycles. The number of ether oxygens (including phenoxy) is 1. The van der Waals surface area contributed by atoms with Crippen LogP contribution in [-0.4, -0.2) is 60.0 Å². The number of aromatic nitrogens is 3. The fourth-order valence-corrected chi connectivity index (χ4v) is 4.45. The van der Waals surface area contributed by atoms with Crippen molar-refractivity contribution in [2.45, 2.75) is 24.4 Å². The van der Waals surface area contributed by atoms with Crippen LogP contribution in [0.2, 0.25) is 0 Å². The molecule has 1 aliphatic heterocycles. The minimum Gasteiger partial charge on any atom is -0.383 e. The molecular weight excluding hydrogens is 358 g/mol. The lowest BCUT2D eigenvalue weighted by atomic mass is 10.2. The maximum Gasteiger partial charge on any atom is 0.271 e. The number of fused-ring (bicyclic) bond motifs is 1. The molecule has 9 nitrogen and oxygen atoms in total. The van der Waals surface area contributed by atoms with Crippen molar-refractivity contribution in [3.05, 3.63) is 42.2 Å². The molecule has 1 N–H and O–H groups in total.